The number of nitrogens with zero attached hydrogens (tertiary/aromatic N) is 1. The van der Waals surface area contributed by atoms with Gasteiger partial charge in [-0.2, -0.15) is 0 Å². The van der Waals surface area contributed by atoms with Crippen molar-refractivity contribution < 1.29 is 19.1 Å². The van der Waals surface area contributed by atoms with E-state index in [0.717, 1.165) is 12.8 Å². The molecule has 0 saturated carbocycles. The van der Waals surface area contributed by atoms with Crippen LogP contribution in [0, 0.1) is 0 Å². The Balaban J connectivity index is 2.48. The Morgan fingerprint density at radius 3 is 2.79 bits per heavy atom. The average molecular weight is 268 g/mol. The van der Waals surface area contributed by atoms with E-state index in [2.05, 4.69) is 5.32 Å². The van der Waals surface area contributed by atoms with Gasteiger partial charge in [0.25, 0.3) is 0 Å². The molecule has 0 unspecified atom stereocenters. The fourth-order valence-corrected chi connectivity index (χ4v) is 1.63. The van der Waals surface area contributed by atoms with Crippen LogP contribution in [0.25, 0.3) is 0 Å². The van der Waals surface area contributed by atoms with Gasteiger partial charge < -0.3 is 19.7 Å². The molecule has 6 heteroatoms. The van der Waals surface area contributed by atoms with E-state index in [1.54, 1.807) is 19.2 Å². The summed E-state index contributed by atoms with van der Waals surface area (Å²) in [6.45, 7) is 2.28. The first-order chi connectivity index (χ1) is 9.04. The third-order valence-electron chi connectivity index (χ3n) is 2.76. The zero-order valence-corrected chi connectivity index (χ0v) is 11.3. The highest BCUT2D eigenvalue weighted by Crippen LogP contribution is 2.05. The smallest absolute Gasteiger partial charge is 0.326 e. The average Bonchev–Trinajstić information content (AvgIpc) is 2.86. The predicted octanol–water partition coefficient (Wildman–Crippen LogP) is 2.06. The lowest BCUT2D eigenvalue weighted by atomic mass is 10.1. The molecule has 1 aromatic heterocycles. The quantitative estimate of drug-likeness (QED) is 0.793. The summed E-state index contributed by atoms with van der Waals surface area (Å²) in [5.74, 6) is -0.355. The van der Waals surface area contributed by atoms with Gasteiger partial charge in [0.2, 0.25) is 0 Å². The van der Waals surface area contributed by atoms with Crippen LogP contribution < -0.4 is 5.32 Å². The van der Waals surface area contributed by atoms with Crippen molar-refractivity contribution in [3.8, 4) is 0 Å². The topological polar surface area (TPSA) is 82.8 Å². The molecule has 0 bridgehead atoms. The van der Waals surface area contributed by atoms with E-state index in [1.165, 1.54) is 11.2 Å². The second kappa shape index (κ2) is 7.45. The van der Waals surface area contributed by atoms with Crippen molar-refractivity contribution in [1.82, 2.24) is 10.2 Å². The van der Waals surface area contributed by atoms with Crippen LogP contribution in [0.5, 0.6) is 0 Å². The van der Waals surface area contributed by atoms with E-state index >= 15 is 0 Å². The van der Waals surface area contributed by atoms with Crippen molar-refractivity contribution in [3.05, 3.63) is 24.2 Å². The number of unbranched alkanes of at least 4 members (excludes halogenated alkanes) is 1. The minimum absolute atomic E-state index is 0.305. The van der Waals surface area contributed by atoms with Crippen molar-refractivity contribution in [3.63, 3.8) is 0 Å². The number of nitrogens with one attached hydrogen (secondary N) is 1. The number of aliphatic carboxylic acids is 1. The van der Waals surface area contributed by atoms with Gasteiger partial charge in [-0.05, 0) is 18.6 Å². The van der Waals surface area contributed by atoms with Crippen molar-refractivity contribution in [2.45, 2.75) is 38.8 Å². The highest BCUT2D eigenvalue weighted by Gasteiger charge is 2.21. The second-order valence-corrected chi connectivity index (χ2v) is 4.42. The molecule has 0 aliphatic heterocycles. The van der Waals surface area contributed by atoms with Gasteiger partial charge in [0, 0.05) is 7.05 Å². The molecule has 19 heavy (non-hydrogen) atoms. The number of carboxylic acid groups (broad SMARTS) is 1. The van der Waals surface area contributed by atoms with Crippen molar-refractivity contribution >= 4 is 12.0 Å². The van der Waals surface area contributed by atoms with Gasteiger partial charge in [-0.3, -0.25) is 0 Å². The van der Waals surface area contributed by atoms with Gasteiger partial charge >= 0.3 is 12.0 Å². The van der Waals surface area contributed by atoms with Crippen LogP contribution in [0.2, 0.25) is 0 Å². The summed E-state index contributed by atoms with van der Waals surface area (Å²) in [5.41, 5.74) is 0. The molecule has 106 valence electrons. The Labute approximate surface area is 112 Å². The molecule has 1 aromatic rings. The second-order valence-electron chi connectivity index (χ2n) is 4.42. The fraction of sp³-hybridized carbons (Fsp3) is 0.538. The molecular formula is C13H20N2O4. The lowest BCUT2D eigenvalue weighted by Crippen LogP contribution is -2.46. The number of carboxylic acids is 1. The summed E-state index contributed by atoms with van der Waals surface area (Å²) >= 11 is 0. The highest BCUT2D eigenvalue weighted by atomic mass is 16.4. The maximum absolute atomic E-state index is 11.9. The standard InChI is InChI=1S/C13H20N2O4/c1-3-4-7-11(12(16)17)14-13(18)15(2)9-10-6-5-8-19-10/h5-6,8,11H,3-4,7,9H2,1-2H3,(H,14,18)(H,16,17)/t11-/m0/s1. The van der Waals surface area contributed by atoms with Gasteiger partial charge in [-0.25, -0.2) is 9.59 Å². The molecule has 1 heterocycles. The SMILES string of the molecule is CCCC[C@H](NC(=O)N(C)Cc1ccco1)C(=O)O. The number of amides is 2. The largest absolute Gasteiger partial charge is 0.480 e. The maximum atomic E-state index is 11.9. The number of hydrogen-bond donors (Lipinski definition) is 2. The molecule has 0 spiro atoms. The Hall–Kier alpha value is -1.98. The van der Waals surface area contributed by atoms with E-state index in [9.17, 15) is 9.59 Å². The Morgan fingerprint density at radius 1 is 1.53 bits per heavy atom. The normalized spacial score (nSPS) is 11.9. The fourth-order valence-electron chi connectivity index (χ4n) is 1.63. The number of furan rings is 1. The zero-order valence-electron chi connectivity index (χ0n) is 11.3. The van der Waals surface area contributed by atoms with Crippen LogP contribution in [0.4, 0.5) is 4.79 Å². The van der Waals surface area contributed by atoms with Gasteiger partial charge in [0.15, 0.2) is 0 Å². The molecule has 2 N–H and O–H groups in total. The van der Waals surface area contributed by atoms with Crippen molar-refractivity contribution in [2.24, 2.45) is 0 Å². The van der Waals surface area contributed by atoms with Crippen LogP contribution in [0.15, 0.2) is 22.8 Å². The number of hydrogen-bond acceptors (Lipinski definition) is 3. The summed E-state index contributed by atoms with van der Waals surface area (Å²) in [6.07, 6.45) is 3.62. The Morgan fingerprint density at radius 2 is 2.26 bits per heavy atom. The summed E-state index contributed by atoms with van der Waals surface area (Å²) < 4.78 is 5.13. The van der Waals surface area contributed by atoms with Crippen LogP contribution in [-0.2, 0) is 11.3 Å². The first-order valence-corrected chi connectivity index (χ1v) is 6.31. The molecule has 6 nitrogen and oxygen atoms in total. The van der Waals surface area contributed by atoms with Gasteiger partial charge in [-0.1, -0.05) is 19.8 Å². The molecule has 0 aromatic carbocycles. The summed E-state index contributed by atoms with van der Waals surface area (Å²) in [7, 11) is 1.59. The van der Waals surface area contributed by atoms with Gasteiger partial charge in [0.05, 0.1) is 12.8 Å². The van der Waals surface area contributed by atoms with E-state index in [4.69, 9.17) is 9.52 Å². The van der Waals surface area contributed by atoms with Crippen LogP contribution in [0.3, 0.4) is 0 Å². The number of carbonyl (C=O) groups is 2. The molecule has 0 radical (unpaired) electrons. The van der Waals surface area contributed by atoms with Crippen molar-refractivity contribution in [1.29, 1.82) is 0 Å². The predicted molar refractivity (Wildman–Crippen MR) is 69.7 cm³/mol. The summed E-state index contributed by atoms with van der Waals surface area (Å²) in [6, 6.07) is 2.24. The molecule has 1 atom stereocenters. The van der Waals surface area contributed by atoms with Crippen molar-refractivity contribution in [2.75, 3.05) is 7.05 Å². The molecule has 2 amide bonds. The lowest BCUT2D eigenvalue weighted by Gasteiger charge is -2.20. The molecule has 0 fully saturated rings. The van der Waals surface area contributed by atoms with E-state index < -0.39 is 18.0 Å². The van der Waals surface area contributed by atoms with Crippen LogP contribution in [0.1, 0.15) is 31.9 Å². The van der Waals surface area contributed by atoms with E-state index in [0.29, 0.717) is 18.7 Å². The Kier molecular flexibility index (Phi) is 5.92. The molecule has 0 aliphatic carbocycles. The third kappa shape index (κ3) is 5.03. The highest BCUT2D eigenvalue weighted by molar-refractivity contribution is 5.82. The molecule has 0 aliphatic rings. The van der Waals surface area contributed by atoms with Gasteiger partial charge in [0.1, 0.15) is 11.8 Å². The van der Waals surface area contributed by atoms with E-state index in [1.807, 2.05) is 6.92 Å². The third-order valence-corrected chi connectivity index (χ3v) is 2.76. The lowest BCUT2D eigenvalue weighted by molar-refractivity contribution is -0.139. The number of carbonyl (C=O) groups excluding carboxylic acids is 1. The maximum Gasteiger partial charge on any atom is 0.326 e. The number of rotatable bonds is 7. The summed E-state index contributed by atoms with van der Waals surface area (Å²) in [4.78, 5) is 24.3. The van der Waals surface area contributed by atoms with Crippen LogP contribution >= 0.6 is 0 Å². The molecular weight excluding hydrogens is 248 g/mol. The first kappa shape index (κ1) is 15.1. The zero-order chi connectivity index (χ0) is 14.3. The first-order valence-electron chi connectivity index (χ1n) is 6.31. The summed E-state index contributed by atoms with van der Waals surface area (Å²) in [5, 5.41) is 11.5. The molecule has 1 rings (SSSR count). The minimum Gasteiger partial charge on any atom is -0.480 e. The van der Waals surface area contributed by atoms with Gasteiger partial charge in [-0.15, -0.1) is 0 Å². The monoisotopic (exact) mass is 268 g/mol. The Bertz CT molecular complexity index is 403. The van der Waals surface area contributed by atoms with E-state index in [-0.39, 0.29) is 0 Å². The minimum atomic E-state index is -1.01. The molecule has 0 saturated heterocycles. The number of urea groups is 1. The van der Waals surface area contributed by atoms with Crippen LogP contribution in [-0.4, -0.2) is 35.1 Å².